The van der Waals surface area contributed by atoms with Gasteiger partial charge in [0.25, 0.3) is 0 Å². The van der Waals surface area contributed by atoms with Gasteiger partial charge in [0.2, 0.25) is 0 Å². The minimum Gasteiger partial charge on any atom is -0.489 e. The monoisotopic (exact) mass is 540 g/mol. The number of hydrogen-bond acceptors (Lipinski definition) is 3. The van der Waals surface area contributed by atoms with Crippen molar-refractivity contribution in [2.45, 2.75) is 20.0 Å². The Kier molecular flexibility index (Phi) is 6.64. The second-order valence-electron chi connectivity index (χ2n) is 5.34. The number of hydrogen-bond donors (Lipinski definition) is 0. The third-order valence-corrected chi connectivity index (χ3v) is 4.71. The minimum atomic E-state index is 0.108. The molecule has 24 heavy (non-hydrogen) atoms. The van der Waals surface area contributed by atoms with Crippen molar-refractivity contribution in [2.75, 3.05) is 0 Å². The fraction of sp³-hybridized carbons (Fsp3) is 0.158. The fourth-order valence-corrected chi connectivity index (χ4v) is 4.18. The molecule has 3 nitrogen and oxygen atoms in total. The van der Waals surface area contributed by atoms with Crippen LogP contribution < -0.4 is 4.74 Å². The molecule has 0 fully saturated rings. The van der Waals surface area contributed by atoms with E-state index in [1.54, 1.807) is 18.2 Å². The average Bonchev–Trinajstić information content (AvgIpc) is 2.56. The van der Waals surface area contributed by atoms with Crippen LogP contribution in [0.1, 0.15) is 30.5 Å². The molecule has 120 valence electrons. The molecule has 0 saturated carbocycles. The molecule has 0 saturated heterocycles. The van der Waals surface area contributed by atoms with Crippen molar-refractivity contribution < 1.29 is 4.74 Å². The van der Waals surface area contributed by atoms with Crippen LogP contribution in [-0.4, -0.2) is 6.10 Å². The number of ether oxygens (including phenoxy) is 1. The molecule has 0 bridgehead atoms. The molecule has 0 aliphatic heterocycles. The minimum absolute atomic E-state index is 0.108. The quantitative estimate of drug-likeness (QED) is 0.288. The Labute approximate surface area is 169 Å². The van der Waals surface area contributed by atoms with E-state index in [1.165, 1.54) is 0 Å². The van der Waals surface area contributed by atoms with Gasteiger partial charge in [0.15, 0.2) is 0 Å². The molecule has 0 aliphatic carbocycles. The predicted molar refractivity (Wildman–Crippen MR) is 112 cm³/mol. The van der Waals surface area contributed by atoms with Crippen LogP contribution in [0.2, 0.25) is 0 Å². The maximum atomic E-state index is 9.49. The maximum Gasteiger partial charge on any atom is 0.146 e. The van der Waals surface area contributed by atoms with Crippen molar-refractivity contribution in [3.05, 3.63) is 60.2 Å². The highest BCUT2D eigenvalue weighted by Gasteiger charge is 2.11. The fourth-order valence-electron chi connectivity index (χ4n) is 2.11. The van der Waals surface area contributed by atoms with Gasteiger partial charge in [0, 0.05) is 0 Å². The summed E-state index contributed by atoms with van der Waals surface area (Å²) in [6.07, 6.45) is 1.94. The molecule has 0 aromatic heterocycles. The Morgan fingerprint density at radius 3 is 2.33 bits per heavy atom. The van der Waals surface area contributed by atoms with Gasteiger partial charge in [-0.1, -0.05) is 12.1 Å². The van der Waals surface area contributed by atoms with Crippen LogP contribution in [0.25, 0.3) is 11.6 Å². The zero-order chi connectivity index (χ0) is 17.7. The molecule has 2 rings (SSSR count). The number of rotatable bonds is 4. The van der Waals surface area contributed by atoms with Crippen LogP contribution in [0.4, 0.5) is 0 Å². The first kappa shape index (κ1) is 18.8. The van der Waals surface area contributed by atoms with Crippen molar-refractivity contribution in [3.63, 3.8) is 0 Å². The topological polar surface area (TPSA) is 56.8 Å². The van der Waals surface area contributed by atoms with E-state index in [1.807, 2.05) is 38.1 Å². The summed E-state index contributed by atoms with van der Waals surface area (Å²) in [6, 6.07) is 15.4. The highest BCUT2D eigenvalue weighted by molar-refractivity contribution is 14.1. The van der Waals surface area contributed by atoms with Gasteiger partial charge in [0.1, 0.15) is 5.75 Å². The van der Waals surface area contributed by atoms with E-state index >= 15 is 0 Å². The highest BCUT2D eigenvalue weighted by Crippen LogP contribution is 2.31. The van der Waals surface area contributed by atoms with Crippen LogP contribution in [-0.2, 0) is 0 Å². The summed E-state index contributed by atoms with van der Waals surface area (Å²) in [6.45, 7) is 3.99. The standard InChI is InChI=1S/C19H14I2N2O/c1-12(2)24-19-17(20)8-14(9-18(19)21)7-16(11-23)15-5-3-4-13(6-15)10-22/h3-9,12H,1-2H3. The van der Waals surface area contributed by atoms with E-state index in [0.717, 1.165) is 24.0 Å². The molecule has 0 unspecified atom stereocenters. The first-order valence-corrected chi connectivity index (χ1v) is 9.38. The summed E-state index contributed by atoms with van der Waals surface area (Å²) in [7, 11) is 0. The van der Waals surface area contributed by atoms with Gasteiger partial charge >= 0.3 is 0 Å². The Balaban J connectivity index is 2.45. The van der Waals surface area contributed by atoms with Crippen LogP contribution in [0.15, 0.2) is 36.4 Å². The van der Waals surface area contributed by atoms with Gasteiger partial charge in [-0.2, -0.15) is 10.5 Å². The molecule has 0 heterocycles. The van der Waals surface area contributed by atoms with E-state index in [4.69, 9.17) is 10.00 Å². The molecular formula is C19H14I2N2O. The third-order valence-electron chi connectivity index (χ3n) is 3.11. The van der Waals surface area contributed by atoms with Crippen LogP contribution in [0, 0.1) is 29.8 Å². The molecule has 0 radical (unpaired) electrons. The Hall–Kier alpha value is -1.58. The lowest BCUT2D eigenvalue weighted by molar-refractivity contribution is 0.239. The first-order valence-electron chi connectivity index (χ1n) is 7.22. The Bertz CT molecular complexity index is 851. The largest absolute Gasteiger partial charge is 0.489 e. The summed E-state index contributed by atoms with van der Waals surface area (Å²) >= 11 is 4.49. The summed E-state index contributed by atoms with van der Waals surface area (Å²) < 4.78 is 7.84. The van der Waals surface area contributed by atoms with Gasteiger partial charge in [-0.25, -0.2) is 0 Å². The number of halogens is 2. The third kappa shape index (κ3) is 4.71. The van der Waals surface area contributed by atoms with E-state index in [0.29, 0.717) is 11.1 Å². The summed E-state index contributed by atoms with van der Waals surface area (Å²) in [5, 5.41) is 18.5. The smallest absolute Gasteiger partial charge is 0.146 e. The molecule has 0 spiro atoms. The van der Waals surface area contributed by atoms with Crippen LogP contribution in [0.5, 0.6) is 5.75 Å². The second-order valence-corrected chi connectivity index (χ2v) is 7.67. The first-order chi connectivity index (χ1) is 11.4. The molecule has 5 heteroatoms. The van der Waals surface area contributed by atoms with E-state index < -0.39 is 0 Å². The van der Waals surface area contributed by atoms with Crippen molar-refractivity contribution in [3.8, 4) is 17.9 Å². The molecule has 0 N–H and O–H groups in total. The van der Waals surface area contributed by atoms with Crippen LogP contribution >= 0.6 is 45.2 Å². The summed E-state index contributed by atoms with van der Waals surface area (Å²) in [5.41, 5.74) is 2.73. The van der Waals surface area contributed by atoms with Gasteiger partial charge in [-0.05, 0) is 100 Å². The lowest BCUT2D eigenvalue weighted by Gasteiger charge is -2.14. The van der Waals surface area contributed by atoms with Crippen molar-refractivity contribution in [1.82, 2.24) is 0 Å². The molecule has 0 aliphatic rings. The zero-order valence-corrected chi connectivity index (χ0v) is 17.5. The zero-order valence-electron chi connectivity index (χ0n) is 13.2. The molecule has 0 amide bonds. The van der Waals surface area contributed by atoms with Crippen molar-refractivity contribution >= 4 is 56.8 Å². The number of nitrogens with zero attached hydrogens (tertiary/aromatic N) is 2. The molecule has 2 aromatic rings. The van der Waals surface area contributed by atoms with Crippen molar-refractivity contribution in [1.29, 1.82) is 10.5 Å². The highest BCUT2D eigenvalue weighted by atomic mass is 127. The Morgan fingerprint density at radius 2 is 1.79 bits per heavy atom. The van der Waals surface area contributed by atoms with Crippen molar-refractivity contribution in [2.24, 2.45) is 0 Å². The number of allylic oxidation sites excluding steroid dienone is 1. The molecular weight excluding hydrogens is 526 g/mol. The average molecular weight is 540 g/mol. The SMILES string of the molecule is CC(C)Oc1c(I)cc(C=C(C#N)c2cccc(C#N)c2)cc1I. The maximum absolute atomic E-state index is 9.49. The summed E-state index contributed by atoms with van der Waals surface area (Å²) in [4.78, 5) is 0. The molecule has 2 aromatic carbocycles. The number of nitriles is 2. The van der Waals surface area contributed by atoms with Gasteiger partial charge in [-0.15, -0.1) is 0 Å². The number of benzene rings is 2. The Morgan fingerprint density at radius 1 is 1.12 bits per heavy atom. The van der Waals surface area contributed by atoms with Crippen LogP contribution in [0.3, 0.4) is 0 Å². The summed E-state index contributed by atoms with van der Waals surface area (Å²) in [5.74, 6) is 0.869. The van der Waals surface area contributed by atoms with E-state index in [2.05, 4.69) is 57.3 Å². The lowest BCUT2D eigenvalue weighted by Crippen LogP contribution is -2.08. The van der Waals surface area contributed by atoms with E-state index in [-0.39, 0.29) is 6.10 Å². The van der Waals surface area contributed by atoms with Gasteiger partial charge in [-0.3, -0.25) is 0 Å². The lowest BCUT2D eigenvalue weighted by atomic mass is 10.0. The van der Waals surface area contributed by atoms with Gasteiger partial charge in [0.05, 0.1) is 36.5 Å². The van der Waals surface area contributed by atoms with Gasteiger partial charge < -0.3 is 4.74 Å². The second kappa shape index (κ2) is 8.50. The van der Waals surface area contributed by atoms with E-state index in [9.17, 15) is 5.26 Å². The molecule has 0 atom stereocenters. The predicted octanol–water partition coefficient (Wildman–Crippen LogP) is 5.62. The normalized spacial score (nSPS) is 11.0.